The second-order valence-corrected chi connectivity index (χ2v) is 6.90. The van der Waals surface area contributed by atoms with Crippen LogP contribution in [0.3, 0.4) is 0 Å². The zero-order valence-corrected chi connectivity index (χ0v) is 14.9. The van der Waals surface area contributed by atoms with Crippen molar-refractivity contribution in [2.24, 2.45) is 0 Å². The second kappa shape index (κ2) is 6.75. The van der Waals surface area contributed by atoms with Crippen LogP contribution in [-0.2, 0) is 4.79 Å². The van der Waals surface area contributed by atoms with E-state index in [9.17, 15) is 4.79 Å². The second-order valence-electron chi connectivity index (χ2n) is 5.19. The van der Waals surface area contributed by atoms with Crippen molar-refractivity contribution in [1.29, 1.82) is 0 Å². The summed E-state index contributed by atoms with van der Waals surface area (Å²) in [6, 6.07) is 5.51. The lowest BCUT2D eigenvalue weighted by atomic mass is 10.0. The van der Waals surface area contributed by atoms with Crippen LogP contribution in [0, 0.1) is 0 Å². The number of hydrogen-bond donors (Lipinski definition) is 2. The normalized spacial score (nSPS) is 12.9. The minimum Gasteiger partial charge on any atom is -0.372 e. The molecule has 0 bridgehead atoms. The fraction of sp³-hybridized carbons (Fsp3) is 0.500. The maximum absolute atomic E-state index is 12.1. The van der Waals surface area contributed by atoms with Gasteiger partial charge in [0.05, 0.1) is 5.69 Å². The maximum Gasteiger partial charge on any atom is 0.242 e. The lowest BCUT2D eigenvalue weighted by Gasteiger charge is -2.27. The number of amides is 1. The highest BCUT2D eigenvalue weighted by Crippen LogP contribution is 2.31. The van der Waals surface area contributed by atoms with Crippen LogP contribution in [0.5, 0.6) is 0 Å². The number of halogens is 2. The van der Waals surface area contributed by atoms with Gasteiger partial charge in [-0.25, -0.2) is 0 Å². The largest absolute Gasteiger partial charge is 0.372 e. The van der Waals surface area contributed by atoms with Crippen molar-refractivity contribution in [1.82, 2.24) is 5.32 Å². The summed E-state index contributed by atoms with van der Waals surface area (Å²) in [6.45, 7) is 7.95. The van der Waals surface area contributed by atoms with Crippen LogP contribution in [0.15, 0.2) is 27.1 Å². The third-order valence-corrected chi connectivity index (χ3v) is 4.38. The molecule has 1 rings (SSSR count). The van der Waals surface area contributed by atoms with Crippen molar-refractivity contribution >= 4 is 43.5 Å². The Kier molecular flexibility index (Phi) is 5.86. The van der Waals surface area contributed by atoms with Gasteiger partial charge in [-0.15, -0.1) is 0 Å². The van der Waals surface area contributed by atoms with E-state index in [2.05, 4.69) is 49.4 Å². The van der Waals surface area contributed by atoms with Crippen LogP contribution in [-0.4, -0.2) is 17.5 Å². The number of carbonyl (C=O) groups excluding carboxylic acids is 1. The summed E-state index contributed by atoms with van der Waals surface area (Å²) < 4.78 is 1.85. The lowest BCUT2D eigenvalue weighted by Crippen LogP contribution is -2.48. The average molecular weight is 392 g/mol. The molecule has 1 atom stereocenters. The predicted octanol–water partition coefficient (Wildman–Crippen LogP) is 4.32. The number of benzene rings is 1. The maximum atomic E-state index is 12.1. The monoisotopic (exact) mass is 390 g/mol. The van der Waals surface area contributed by atoms with Gasteiger partial charge in [0.1, 0.15) is 6.04 Å². The zero-order chi connectivity index (χ0) is 14.6. The van der Waals surface area contributed by atoms with Crippen molar-refractivity contribution < 1.29 is 4.79 Å². The molecule has 0 heterocycles. The molecule has 0 fully saturated rings. The van der Waals surface area contributed by atoms with Gasteiger partial charge in [0, 0.05) is 14.5 Å². The highest BCUT2D eigenvalue weighted by atomic mass is 79.9. The third kappa shape index (κ3) is 4.80. The Hall–Kier alpha value is -0.550. The zero-order valence-electron chi connectivity index (χ0n) is 11.7. The summed E-state index contributed by atoms with van der Waals surface area (Å²) >= 11 is 6.95. The number of hydrogen-bond acceptors (Lipinski definition) is 2. The van der Waals surface area contributed by atoms with E-state index in [4.69, 9.17) is 0 Å². The van der Waals surface area contributed by atoms with Crippen LogP contribution in [0.4, 0.5) is 5.69 Å². The van der Waals surface area contributed by atoms with Crippen molar-refractivity contribution in [2.45, 2.75) is 45.7 Å². The lowest BCUT2D eigenvalue weighted by molar-refractivity contribution is -0.123. The van der Waals surface area contributed by atoms with Gasteiger partial charge in [-0.3, -0.25) is 4.79 Å². The Balaban J connectivity index is 2.75. The molecule has 1 aromatic rings. The van der Waals surface area contributed by atoms with Gasteiger partial charge in [0.15, 0.2) is 0 Å². The molecule has 0 aliphatic heterocycles. The van der Waals surface area contributed by atoms with E-state index in [0.29, 0.717) is 0 Å². The highest BCUT2D eigenvalue weighted by molar-refractivity contribution is 9.11. The highest BCUT2D eigenvalue weighted by Gasteiger charge is 2.22. The number of anilines is 1. The molecule has 0 saturated heterocycles. The first-order chi connectivity index (χ1) is 8.76. The van der Waals surface area contributed by atoms with Crippen LogP contribution in [0.1, 0.15) is 34.1 Å². The van der Waals surface area contributed by atoms with E-state index in [1.807, 2.05) is 39.0 Å². The van der Waals surface area contributed by atoms with Gasteiger partial charge in [-0.2, -0.15) is 0 Å². The van der Waals surface area contributed by atoms with E-state index < -0.39 is 0 Å². The molecule has 1 unspecified atom stereocenters. The first kappa shape index (κ1) is 16.5. The topological polar surface area (TPSA) is 41.1 Å². The molecular weight excluding hydrogens is 372 g/mol. The summed E-state index contributed by atoms with van der Waals surface area (Å²) in [5, 5.41) is 6.25. The minimum absolute atomic E-state index is 0.00509. The quantitative estimate of drug-likeness (QED) is 0.784. The molecule has 0 aliphatic carbocycles. The molecule has 3 nitrogen and oxygen atoms in total. The third-order valence-electron chi connectivity index (χ3n) is 3.06. The van der Waals surface area contributed by atoms with Crippen LogP contribution in [0.2, 0.25) is 0 Å². The summed E-state index contributed by atoms with van der Waals surface area (Å²) in [5.74, 6) is -0.00509. The first-order valence-electron chi connectivity index (χ1n) is 6.29. The Morgan fingerprint density at radius 1 is 1.32 bits per heavy atom. The summed E-state index contributed by atoms with van der Waals surface area (Å²) in [5.41, 5.74) is 0.706. The predicted molar refractivity (Wildman–Crippen MR) is 87.4 cm³/mol. The number of rotatable bonds is 5. The molecule has 1 aromatic carbocycles. The van der Waals surface area contributed by atoms with Gasteiger partial charge in [-0.05, 0) is 71.2 Å². The number of nitrogens with one attached hydrogen (secondary N) is 2. The number of para-hydroxylation sites is 1. The minimum atomic E-state index is -0.305. The van der Waals surface area contributed by atoms with E-state index in [1.54, 1.807) is 0 Å². The summed E-state index contributed by atoms with van der Waals surface area (Å²) in [4.78, 5) is 12.1. The Morgan fingerprint density at radius 3 is 2.32 bits per heavy atom. The molecule has 0 spiro atoms. The van der Waals surface area contributed by atoms with Crippen molar-refractivity contribution in [3.8, 4) is 0 Å². The smallest absolute Gasteiger partial charge is 0.242 e. The molecule has 5 heteroatoms. The standard InChI is InChI=1S/C14H20Br2N2O/c1-5-14(3,4)18-13(19)9(2)17-12-10(15)7-6-8-11(12)16/h6-9,17H,5H2,1-4H3,(H,18,19). The molecule has 0 saturated carbocycles. The van der Waals surface area contributed by atoms with Crippen molar-refractivity contribution in [3.05, 3.63) is 27.1 Å². The van der Waals surface area contributed by atoms with Crippen molar-refractivity contribution in [2.75, 3.05) is 5.32 Å². The van der Waals surface area contributed by atoms with Crippen LogP contribution >= 0.6 is 31.9 Å². The molecule has 0 radical (unpaired) electrons. The van der Waals surface area contributed by atoms with Crippen LogP contribution < -0.4 is 10.6 Å². The Bertz CT molecular complexity index is 441. The van der Waals surface area contributed by atoms with Gasteiger partial charge in [0.2, 0.25) is 5.91 Å². The average Bonchev–Trinajstić information content (AvgIpc) is 2.33. The van der Waals surface area contributed by atoms with E-state index >= 15 is 0 Å². The fourth-order valence-corrected chi connectivity index (χ4v) is 2.68. The van der Waals surface area contributed by atoms with E-state index in [-0.39, 0.29) is 17.5 Å². The van der Waals surface area contributed by atoms with Gasteiger partial charge >= 0.3 is 0 Å². The van der Waals surface area contributed by atoms with E-state index in [1.165, 1.54) is 0 Å². The molecule has 0 aromatic heterocycles. The van der Waals surface area contributed by atoms with Gasteiger partial charge in [0.25, 0.3) is 0 Å². The molecular formula is C14H20Br2N2O. The SMILES string of the molecule is CCC(C)(C)NC(=O)C(C)Nc1c(Br)cccc1Br. The molecule has 2 N–H and O–H groups in total. The molecule has 0 aliphatic rings. The Labute approximate surface area is 131 Å². The summed E-state index contributed by atoms with van der Waals surface area (Å²) in [7, 11) is 0. The van der Waals surface area contributed by atoms with Crippen molar-refractivity contribution in [3.63, 3.8) is 0 Å². The molecule has 1 amide bonds. The van der Waals surface area contributed by atoms with E-state index in [0.717, 1.165) is 21.1 Å². The first-order valence-corrected chi connectivity index (χ1v) is 7.88. The summed E-state index contributed by atoms with van der Waals surface area (Å²) in [6.07, 6.45) is 0.893. The van der Waals surface area contributed by atoms with Gasteiger partial charge < -0.3 is 10.6 Å². The van der Waals surface area contributed by atoms with Gasteiger partial charge in [-0.1, -0.05) is 13.0 Å². The number of carbonyl (C=O) groups is 1. The molecule has 19 heavy (non-hydrogen) atoms. The molecule has 106 valence electrons. The fourth-order valence-electron chi connectivity index (χ4n) is 1.45. The van der Waals surface area contributed by atoms with Crippen LogP contribution in [0.25, 0.3) is 0 Å². The Morgan fingerprint density at radius 2 is 1.84 bits per heavy atom.